The van der Waals surface area contributed by atoms with E-state index in [-0.39, 0.29) is 0 Å². The van der Waals surface area contributed by atoms with Gasteiger partial charge in [-0.05, 0) is 250 Å². The first-order valence-electron chi connectivity index (χ1n) is 21.7. The Morgan fingerprint density at radius 2 is 0.304 bits per heavy atom. The molecular weight excluding hydrogens is 673 g/mol. The van der Waals surface area contributed by atoms with Crippen molar-refractivity contribution in [1.29, 1.82) is 0 Å². The van der Waals surface area contributed by atoms with Crippen LogP contribution in [0.4, 0.5) is 0 Å². The molecule has 0 saturated heterocycles. The van der Waals surface area contributed by atoms with Crippen LogP contribution in [0, 0.1) is 41.5 Å². The van der Waals surface area contributed by atoms with Crippen LogP contribution in [0.15, 0.2) is 115 Å². The average molecular weight is 771 g/mol. The highest BCUT2D eigenvalue weighted by Crippen LogP contribution is 2.33. The Bertz CT molecular complexity index is 1440. The molecular formula is C56H98. The van der Waals surface area contributed by atoms with Crippen LogP contribution in [-0.2, 0) is 0 Å². The normalized spacial score (nSPS) is 12.7. The first kappa shape index (κ1) is 64.5. The van der Waals surface area contributed by atoms with E-state index in [1.807, 2.05) is 83.1 Å². The Labute approximate surface area is 355 Å². The second-order valence-electron chi connectivity index (χ2n) is 13.8. The highest BCUT2D eigenvalue weighted by Gasteiger charge is 2.13. The maximum absolute atomic E-state index is 4.21. The van der Waals surface area contributed by atoms with Crippen LogP contribution in [-0.4, -0.2) is 0 Å². The average Bonchev–Trinajstić information content (AvgIpc) is 3.23. The van der Waals surface area contributed by atoms with E-state index in [0.717, 1.165) is 22.3 Å². The summed E-state index contributed by atoms with van der Waals surface area (Å²) in [5.41, 5.74) is 28.3. The second-order valence-corrected chi connectivity index (χ2v) is 13.8. The summed E-state index contributed by atoms with van der Waals surface area (Å²) in [5.74, 6) is 0. The minimum absolute atomic E-state index is 1.02. The molecule has 0 radical (unpaired) electrons. The fourth-order valence-electron chi connectivity index (χ4n) is 5.59. The zero-order valence-electron chi connectivity index (χ0n) is 43.8. The number of allylic oxidation sites excluding steroid dienone is 16. The SMILES string of the molecule is C=C(C)C(=C)\C(C)=C(C)/C(C)=C(C)/C(C)=C(C)/C(C)=C(C)/C(C)=C(C)/C(C)=C(/C)C(=C)C(=C)C.CC.CC.CC.CC.CC.Cc1c(C)c(C)c(C)c(C)c1C. The Hall–Kier alpha value is -3.38. The highest BCUT2D eigenvalue weighted by atomic mass is 14.2. The summed E-state index contributed by atoms with van der Waals surface area (Å²) in [6, 6.07) is 0. The zero-order chi connectivity index (χ0) is 46.7. The third-order valence-electron chi connectivity index (χ3n) is 11.5. The van der Waals surface area contributed by atoms with Gasteiger partial charge < -0.3 is 0 Å². The zero-order valence-corrected chi connectivity index (χ0v) is 43.8. The molecule has 0 N–H and O–H groups in total. The molecule has 0 aliphatic carbocycles. The molecule has 1 rings (SSSR count). The van der Waals surface area contributed by atoms with Crippen molar-refractivity contribution < 1.29 is 0 Å². The van der Waals surface area contributed by atoms with Crippen LogP contribution < -0.4 is 0 Å². The van der Waals surface area contributed by atoms with Gasteiger partial charge in [0.1, 0.15) is 0 Å². The smallest absolute Gasteiger partial charge is 0.0273 e. The molecule has 1 aromatic carbocycles. The Kier molecular flexibility index (Phi) is 38.9. The third-order valence-corrected chi connectivity index (χ3v) is 11.5. The lowest BCUT2D eigenvalue weighted by molar-refractivity contribution is 1.12. The molecule has 0 nitrogen and oxygen atoms in total. The lowest BCUT2D eigenvalue weighted by atomic mass is 9.86. The quantitative estimate of drug-likeness (QED) is 0.219. The van der Waals surface area contributed by atoms with Crippen LogP contribution >= 0.6 is 0 Å². The molecule has 0 atom stereocenters. The van der Waals surface area contributed by atoms with Crippen molar-refractivity contribution in [1.82, 2.24) is 0 Å². The second kappa shape index (κ2) is 33.7. The molecule has 0 spiro atoms. The van der Waals surface area contributed by atoms with Gasteiger partial charge in [0.15, 0.2) is 0 Å². The summed E-state index contributed by atoms with van der Waals surface area (Å²) in [6.07, 6.45) is 0. The summed E-state index contributed by atoms with van der Waals surface area (Å²) in [5, 5.41) is 0. The minimum Gasteiger partial charge on any atom is -0.0955 e. The van der Waals surface area contributed by atoms with Crippen molar-refractivity contribution in [2.45, 2.75) is 208 Å². The van der Waals surface area contributed by atoms with E-state index in [9.17, 15) is 0 Å². The molecule has 322 valence electrons. The summed E-state index contributed by atoms with van der Waals surface area (Å²) in [7, 11) is 0. The molecule has 1 aromatic rings. The van der Waals surface area contributed by atoms with Gasteiger partial charge >= 0.3 is 0 Å². The molecule has 0 aliphatic rings. The van der Waals surface area contributed by atoms with Gasteiger partial charge in [-0.15, -0.1) is 0 Å². The van der Waals surface area contributed by atoms with E-state index >= 15 is 0 Å². The number of benzene rings is 1. The van der Waals surface area contributed by atoms with E-state index in [0.29, 0.717) is 0 Å². The maximum atomic E-state index is 4.21. The van der Waals surface area contributed by atoms with Gasteiger partial charge in [0, 0.05) is 0 Å². The van der Waals surface area contributed by atoms with Crippen LogP contribution in [0.3, 0.4) is 0 Å². The summed E-state index contributed by atoms with van der Waals surface area (Å²) in [4.78, 5) is 0. The topological polar surface area (TPSA) is 0 Å². The molecule has 0 unspecified atom stereocenters. The van der Waals surface area contributed by atoms with E-state index in [2.05, 4.69) is 151 Å². The summed E-state index contributed by atoms with van der Waals surface area (Å²) in [6.45, 7) is 80.3. The Morgan fingerprint density at radius 1 is 0.214 bits per heavy atom. The van der Waals surface area contributed by atoms with Crippen molar-refractivity contribution in [3.05, 3.63) is 149 Å². The third kappa shape index (κ3) is 19.2. The van der Waals surface area contributed by atoms with Gasteiger partial charge in [0.2, 0.25) is 0 Å². The lowest BCUT2D eigenvalue weighted by Crippen LogP contribution is -2.00. The predicted molar refractivity (Wildman–Crippen MR) is 270 cm³/mol. The number of rotatable bonds is 9. The minimum atomic E-state index is 1.02. The predicted octanol–water partition coefficient (Wildman–Crippen LogP) is 19.9. The first-order chi connectivity index (χ1) is 25.9. The molecule has 0 aliphatic heterocycles. The monoisotopic (exact) mass is 771 g/mol. The largest absolute Gasteiger partial charge is 0.0955 e. The van der Waals surface area contributed by atoms with Crippen molar-refractivity contribution in [3.8, 4) is 0 Å². The molecule has 0 heterocycles. The van der Waals surface area contributed by atoms with E-state index < -0.39 is 0 Å². The van der Waals surface area contributed by atoms with Crippen LogP contribution in [0.5, 0.6) is 0 Å². The fraction of sp³-hybridized carbons (Fsp3) is 0.536. The molecule has 0 bridgehead atoms. The standard InChI is InChI=1S/C34H50.C12H18.5C2H6/c1-19(2)21(5)23(7)25(9)27(11)29(13)31(15)33(17)34(18)32(16)30(14)28(12)26(10)24(8)22(6)20(3)4;1-7-8(2)10(4)12(6)11(5)9(7)3;5*1-2/h1,3,5-6H2,2,4,7-18H3;1-6H3;5*1-2H3/b25-23-,26-24-,29-27+,30-28+,33-31+,34-32+;;;;;;. The van der Waals surface area contributed by atoms with Crippen molar-refractivity contribution >= 4 is 0 Å². The Morgan fingerprint density at radius 3 is 0.393 bits per heavy atom. The summed E-state index contributed by atoms with van der Waals surface area (Å²) >= 11 is 0. The van der Waals surface area contributed by atoms with Gasteiger partial charge in [-0.1, -0.05) is 107 Å². The first-order valence-corrected chi connectivity index (χ1v) is 21.7. The van der Waals surface area contributed by atoms with E-state index in [1.54, 1.807) is 0 Å². The summed E-state index contributed by atoms with van der Waals surface area (Å²) < 4.78 is 0. The molecule has 56 heavy (non-hydrogen) atoms. The van der Waals surface area contributed by atoms with Crippen LogP contribution in [0.1, 0.15) is 200 Å². The van der Waals surface area contributed by atoms with Gasteiger partial charge in [-0.2, -0.15) is 0 Å². The fourth-order valence-corrected chi connectivity index (χ4v) is 5.59. The van der Waals surface area contributed by atoms with Gasteiger partial charge in [0.25, 0.3) is 0 Å². The van der Waals surface area contributed by atoms with E-state index in [1.165, 1.54) is 100 Å². The van der Waals surface area contributed by atoms with Gasteiger partial charge in [-0.3, -0.25) is 0 Å². The van der Waals surface area contributed by atoms with Crippen LogP contribution in [0.2, 0.25) is 0 Å². The molecule has 0 amide bonds. The van der Waals surface area contributed by atoms with Crippen molar-refractivity contribution in [2.75, 3.05) is 0 Å². The van der Waals surface area contributed by atoms with E-state index in [4.69, 9.17) is 0 Å². The molecule has 0 heteroatoms. The number of hydrogen-bond acceptors (Lipinski definition) is 0. The molecule has 0 aromatic heterocycles. The highest BCUT2D eigenvalue weighted by molar-refractivity contribution is 5.56. The molecule has 0 fully saturated rings. The number of hydrogen-bond donors (Lipinski definition) is 0. The van der Waals surface area contributed by atoms with Gasteiger partial charge in [0.05, 0.1) is 0 Å². The van der Waals surface area contributed by atoms with Crippen molar-refractivity contribution in [3.63, 3.8) is 0 Å². The molecule has 0 saturated carbocycles. The maximum Gasteiger partial charge on any atom is -0.0273 e. The van der Waals surface area contributed by atoms with Crippen LogP contribution in [0.25, 0.3) is 0 Å². The lowest BCUT2D eigenvalue weighted by Gasteiger charge is -2.19. The van der Waals surface area contributed by atoms with Gasteiger partial charge in [-0.25, -0.2) is 0 Å². The Balaban J connectivity index is -0.000000233. The van der Waals surface area contributed by atoms with Crippen molar-refractivity contribution in [2.24, 2.45) is 0 Å².